The van der Waals surface area contributed by atoms with E-state index in [0.717, 1.165) is 29.4 Å². The first-order chi connectivity index (χ1) is 13.1. The fourth-order valence-electron chi connectivity index (χ4n) is 3.08. The second kappa shape index (κ2) is 7.31. The molecule has 27 heavy (non-hydrogen) atoms. The number of hydrogen-bond donors (Lipinski definition) is 1. The van der Waals surface area contributed by atoms with Crippen LogP contribution in [0.15, 0.2) is 54.6 Å². The molecule has 1 N–H and O–H groups in total. The zero-order valence-corrected chi connectivity index (χ0v) is 14.5. The molecule has 1 saturated carbocycles. The molecule has 1 aromatic heterocycles. The molecule has 0 atom stereocenters. The van der Waals surface area contributed by atoms with Crippen LogP contribution >= 0.6 is 0 Å². The summed E-state index contributed by atoms with van der Waals surface area (Å²) in [7, 11) is 0. The number of nitrogens with one attached hydrogen (secondary N) is 1. The molecule has 4 nitrogen and oxygen atoms in total. The van der Waals surface area contributed by atoms with Gasteiger partial charge in [0, 0.05) is 23.5 Å². The molecule has 138 valence electrons. The Balaban J connectivity index is 1.55. The van der Waals surface area contributed by atoms with Crippen LogP contribution < -0.4 is 10.1 Å². The molecule has 4 rings (SSSR count). The third-order valence-electron chi connectivity index (χ3n) is 4.55. The van der Waals surface area contributed by atoms with Gasteiger partial charge in [-0.1, -0.05) is 30.3 Å². The molecule has 0 saturated heterocycles. The lowest BCUT2D eigenvalue weighted by Crippen LogP contribution is -2.23. The lowest BCUT2D eigenvalue weighted by Gasteiger charge is -2.11. The zero-order chi connectivity index (χ0) is 18.8. The van der Waals surface area contributed by atoms with E-state index >= 15 is 0 Å². The number of ether oxygens (including phenoxy) is 1. The number of pyridine rings is 1. The summed E-state index contributed by atoms with van der Waals surface area (Å²) in [5.74, 6) is 0.294. The van der Waals surface area contributed by atoms with Crippen LogP contribution in [0, 0.1) is 0 Å². The van der Waals surface area contributed by atoms with Gasteiger partial charge in [-0.2, -0.15) is 8.78 Å². The van der Waals surface area contributed by atoms with Crippen LogP contribution in [0.3, 0.4) is 0 Å². The molecular weight excluding hydrogens is 350 g/mol. The third kappa shape index (κ3) is 4.05. The number of nitrogens with zero attached hydrogens (tertiary/aromatic N) is 1. The fraction of sp³-hybridized carbons (Fsp3) is 0.238. The Morgan fingerprint density at radius 1 is 1.15 bits per heavy atom. The number of hydrogen-bond acceptors (Lipinski definition) is 3. The number of amides is 1. The van der Waals surface area contributed by atoms with Crippen LogP contribution in [0.5, 0.6) is 5.75 Å². The van der Waals surface area contributed by atoms with Crippen molar-refractivity contribution < 1.29 is 18.3 Å². The number of aromatic nitrogens is 1. The molecule has 1 heterocycles. The second-order valence-electron chi connectivity index (χ2n) is 6.59. The van der Waals surface area contributed by atoms with Gasteiger partial charge in [-0.15, -0.1) is 0 Å². The Morgan fingerprint density at radius 3 is 2.74 bits per heavy atom. The number of fused-ring (bicyclic) bond motifs is 1. The van der Waals surface area contributed by atoms with Crippen molar-refractivity contribution in [3.8, 4) is 5.75 Å². The van der Waals surface area contributed by atoms with Crippen molar-refractivity contribution in [3.05, 3.63) is 71.4 Å². The number of carbonyl (C=O) groups excluding carboxylic acids is 1. The summed E-state index contributed by atoms with van der Waals surface area (Å²) in [5, 5.41) is 3.66. The maximum Gasteiger partial charge on any atom is 0.387 e. The Hall–Kier alpha value is -3.02. The predicted octanol–water partition coefficient (Wildman–Crippen LogP) is 4.64. The monoisotopic (exact) mass is 368 g/mol. The van der Waals surface area contributed by atoms with Gasteiger partial charge in [-0.3, -0.25) is 9.78 Å². The van der Waals surface area contributed by atoms with Gasteiger partial charge < -0.3 is 10.1 Å². The molecule has 0 unspecified atom stereocenters. The number of para-hydroxylation sites is 1. The highest BCUT2D eigenvalue weighted by molar-refractivity contribution is 6.06. The zero-order valence-electron chi connectivity index (χ0n) is 14.5. The van der Waals surface area contributed by atoms with Crippen molar-refractivity contribution in [2.75, 3.05) is 0 Å². The van der Waals surface area contributed by atoms with Gasteiger partial charge in [-0.05, 0) is 42.7 Å². The second-order valence-corrected chi connectivity index (χ2v) is 6.59. The molecule has 0 radical (unpaired) electrons. The van der Waals surface area contributed by atoms with Gasteiger partial charge in [0.05, 0.1) is 11.1 Å². The van der Waals surface area contributed by atoms with Gasteiger partial charge in [-0.25, -0.2) is 0 Å². The smallest absolute Gasteiger partial charge is 0.387 e. The molecule has 2 aromatic carbocycles. The maximum atomic E-state index is 12.8. The van der Waals surface area contributed by atoms with Crippen molar-refractivity contribution >= 4 is 16.8 Å². The van der Waals surface area contributed by atoms with Crippen LogP contribution in [0.2, 0.25) is 0 Å². The van der Waals surface area contributed by atoms with E-state index in [2.05, 4.69) is 15.0 Å². The number of halogens is 2. The summed E-state index contributed by atoms with van der Waals surface area (Å²) in [5.41, 5.74) is 3.02. The lowest BCUT2D eigenvalue weighted by molar-refractivity contribution is -0.0498. The standard InChI is InChI=1S/C21H18F2N2O2/c22-21(23)27-15-5-3-4-13(10-15)12-24-20(26)17-11-19(14-8-9-14)25-18-7-2-1-6-16(17)18/h1-7,10-11,14,21H,8-9,12H2,(H,24,26). The van der Waals surface area contributed by atoms with Crippen molar-refractivity contribution in [2.24, 2.45) is 0 Å². The SMILES string of the molecule is O=C(NCc1cccc(OC(F)F)c1)c1cc(C2CC2)nc2ccccc12. The lowest BCUT2D eigenvalue weighted by atomic mass is 10.1. The van der Waals surface area contributed by atoms with E-state index in [1.165, 1.54) is 12.1 Å². The molecule has 1 aliphatic carbocycles. The Labute approximate surface area is 155 Å². The predicted molar refractivity (Wildman–Crippen MR) is 98.0 cm³/mol. The Kier molecular flexibility index (Phi) is 4.71. The highest BCUT2D eigenvalue weighted by Crippen LogP contribution is 2.40. The van der Waals surface area contributed by atoms with E-state index < -0.39 is 6.61 Å². The van der Waals surface area contributed by atoms with Gasteiger partial charge in [0.1, 0.15) is 5.75 Å². The first-order valence-corrected chi connectivity index (χ1v) is 8.82. The number of alkyl halides is 2. The molecule has 3 aromatic rings. The molecular formula is C21H18F2N2O2. The Morgan fingerprint density at radius 2 is 1.96 bits per heavy atom. The minimum Gasteiger partial charge on any atom is -0.435 e. The van der Waals surface area contributed by atoms with Gasteiger partial charge in [0.25, 0.3) is 5.91 Å². The van der Waals surface area contributed by atoms with E-state index in [0.29, 0.717) is 17.0 Å². The summed E-state index contributed by atoms with van der Waals surface area (Å²) in [6.45, 7) is -2.66. The molecule has 0 aliphatic heterocycles. The van der Waals surface area contributed by atoms with Crippen molar-refractivity contribution in [2.45, 2.75) is 31.9 Å². The van der Waals surface area contributed by atoms with E-state index in [4.69, 9.17) is 0 Å². The van der Waals surface area contributed by atoms with Crippen molar-refractivity contribution in [1.82, 2.24) is 10.3 Å². The maximum absolute atomic E-state index is 12.8. The van der Waals surface area contributed by atoms with E-state index in [1.54, 1.807) is 12.1 Å². The van der Waals surface area contributed by atoms with Gasteiger partial charge in [0.15, 0.2) is 0 Å². The van der Waals surface area contributed by atoms with Crippen LogP contribution in [-0.4, -0.2) is 17.5 Å². The van der Waals surface area contributed by atoms with Gasteiger partial charge >= 0.3 is 6.61 Å². The molecule has 1 amide bonds. The Bertz CT molecular complexity index is 987. The number of rotatable bonds is 6. The number of carbonyl (C=O) groups is 1. The average Bonchev–Trinajstić information content (AvgIpc) is 3.50. The minimum atomic E-state index is -2.88. The van der Waals surface area contributed by atoms with E-state index in [1.807, 2.05) is 30.3 Å². The topological polar surface area (TPSA) is 51.2 Å². The van der Waals surface area contributed by atoms with Gasteiger partial charge in [0.2, 0.25) is 0 Å². The first-order valence-electron chi connectivity index (χ1n) is 8.82. The summed E-state index contributed by atoms with van der Waals surface area (Å²) >= 11 is 0. The van der Waals surface area contributed by atoms with Crippen LogP contribution in [0.25, 0.3) is 10.9 Å². The third-order valence-corrected chi connectivity index (χ3v) is 4.55. The molecule has 6 heteroatoms. The van der Waals surface area contributed by atoms with Crippen LogP contribution in [-0.2, 0) is 6.54 Å². The van der Waals surface area contributed by atoms with Crippen molar-refractivity contribution in [3.63, 3.8) is 0 Å². The molecule has 1 fully saturated rings. The normalized spacial score (nSPS) is 13.7. The summed E-state index contributed by atoms with van der Waals surface area (Å²) in [6, 6.07) is 15.7. The highest BCUT2D eigenvalue weighted by Gasteiger charge is 2.26. The fourth-order valence-corrected chi connectivity index (χ4v) is 3.08. The molecule has 0 spiro atoms. The van der Waals surface area contributed by atoms with E-state index in [9.17, 15) is 13.6 Å². The highest BCUT2D eigenvalue weighted by atomic mass is 19.3. The average molecular weight is 368 g/mol. The summed E-state index contributed by atoms with van der Waals surface area (Å²) in [6.07, 6.45) is 2.20. The number of benzene rings is 2. The largest absolute Gasteiger partial charge is 0.435 e. The molecule has 1 aliphatic rings. The quantitative estimate of drug-likeness (QED) is 0.689. The van der Waals surface area contributed by atoms with Crippen LogP contribution in [0.1, 0.15) is 40.4 Å². The summed E-state index contributed by atoms with van der Waals surface area (Å²) in [4.78, 5) is 17.5. The molecule has 0 bridgehead atoms. The first kappa shape index (κ1) is 17.4. The van der Waals surface area contributed by atoms with Crippen molar-refractivity contribution in [1.29, 1.82) is 0 Å². The minimum absolute atomic E-state index is 0.0714. The summed E-state index contributed by atoms with van der Waals surface area (Å²) < 4.78 is 29.1. The van der Waals surface area contributed by atoms with E-state index in [-0.39, 0.29) is 18.2 Å². The van der Waals surface area contributed by atoms with Crippen LogP contribution in [0.4, 0.5) is 8.78 Å².